The number of aromatic nitrogens is 1. The first-order valence-corrected chi connectivity index (χ1v) is 5.51. The minimum Gasteiger partial charge on any atom is -0.398 e. The maximum Gasteiger partial charge on any atom is 0.0724 e. The van der Waals surface area contributed by atoms with Crippen LogP contribution in [0, 0.1) is 0 Å². The van der Waals surface area contributed by atoms with Gasteiger partial charge in [-0.15, -0.1) is 0 Å². The van der Waals surface area contributed by atoms with Gasteiger partial charge in [0, 0.05) is 21.9 Å². The van der Waals surface area contributed by atoms with Crippen molar-refractivity contribution in [3.63, 3.8) is 0 Å². The fourth-order valence-electron chi connectivity index (χ4n) is 1.29. The molecule has 0 aliphatic heterocycles. The number of nitrogens with two attached hydrogens (primary N) is 1. The van der Waals surface area contributed by atoms with Crippen LogP contribution < -0.4 is 5.73 Å². The summed E-state index contributed by atoms with van der Waals surface area (Å²) in [6.07, 6.45) is 1.61. The van der Waals surface area contributed by atoms with Crippen LogP contribution in [-0.2, 0) is 0 Å². The molecule has 76 valence electrons. The Morgan fingerprint density at radius 1 is 1.20 bits per heavy atom. The Morgan fingerprint density at radius 2 is 2.00 bits per heavy atom. The minimum absolute atomic E-state index is 0.618. The molecule has 4 heteroatoms. The number of nitrogen functional groups attached to an aromatic ring is 1. The van der Waals surface area contributed by atoms with E-state index in [1.54, 1.807) is 12.3 Å². The van der Waals surface area contributed by atoms with Gasteiger partial charge >= 0.3 is 0 Å². The highest BCUT2D eigenvalue weighted by atomic mass is 79.9. The van der Waals surface area contributed by atoms with Gasteiger partial charge in [-0.2, -0.15) is 0 Å². The SMILES string of the molecule is Nc1ccc(Br)cc1-c1ccc(Cl)cn1. The summed E-state index contributed by atoms with van der Waals surface area (Å²) in [6.45, 7) is 0. The van der Waals surface area contributed by atoms with Crippen molar-refractivity contribution in [1.29, 1.82) is 0 Å². The van der Waals surface area contributed by atoms with Crippen molar-refractivity contribution in [2.45, 2.75) is 0 Å². The third-order valence-corrected chi connectivity index (χ3v) is 2.74. The van der Waals surface area contributed by atoms with Gasteiger partial charge in [0.2, 0.25) is 0 Å². The molecule has 0 saturated heterocycles. The largest absolute Gasteiger partial charge is 0.398 e. The summed E-state index contributed by atoms with van der Waals surface area (Å²) in [6, 6.07) is 9.32. The number of hydrogen-bond acceptors (Lipinski definition) is 2. The van der Waals surface area contributed by atoms with E-state index >= 15 is 0 Å². The Hall–Kier alpha value is -1.06. The smallest absolute Gasteiger partial charge is 0.0724 e. The third kappa shape index (κ3) is 2.30. The van der Waals surface area contributed by atoms with E-state index in [0.717, 1.165) is 15.7 Å². The molecule has 0 bridgehead atoms. The fraction of sp³-hybridized carbons (Fsp3) is 0. The highest BCUT2D eigenvalue weighted by Crippen LogP contribution is 2.27. The summed E-state index contributed by atoms with van der Waals surface area (Å²) in [5, 5.41) is 0.618. The monoisotopic (exact) mass is 282 g/mol. The normalized spacial score (nSPS) is 10.3. The number of nitrogens with zero attached hydrogens (tertiary/aromatic N) is 1. The maximum absolute atomic E-state index is 5.87. The molecule has 1 heterocycles. The van der Waals surface area contributed by atoms with Crippen molar-refractivity contribution in [1.82, 2.24) is 4.98 Å². The van der Waals surface area contributed by atoms with Gasteiger partial charge in [0.1, 0.15) is 0 Å². The second-order valence-corrected chi connectivity index (χ2v) is 4.45. The Balaban J connectivity index is 2.53. The first kappa shape index (κ1) is 10.5. The first-order valence-electron chi connectivity index (χ1n) is 4.34. The summed E-state index contributed by atoms with van der Waals surface area (Å²) < 4.78 is 0.975. The highest BCUT2D eigenvalue weighted by molar-refractivity contribution is 9.10. The van der Waals surface area contributed by atoms with E-state index in [2.05, 4.69) is 20.9 Å². The molecular formula is C11H8BrClN2. The van der Waals surface area contributed by atoms with Gasteiger partial charge in [0.25, 0.3) is 0 Å². The Bertz CT molecular complexity index is 482. The number of rotatable bonds is 1. The van der Waals surface area contributed by atoms with Gasteiger partial charge in [0.05, 0.1) is 10.7 Å². The van der Waals surface area contributed by atoms with Gasteiger partial charge < -0.3 is 5.73 Å². The number of benzene rings is 1. The van der Waals surface area contributed by atoms with Gasteiger partial charge in [-0.3, -0.25) is 4.98 Å². The molecule has 2 N–H and O–H groups in total. The van der Waals surface area contributed by atoms with Crippen molar-refractivity contribution in [2.24, 2.45) is 0 Å². The predicted octanol–water partition coefficient (Wildman–Crippen LogP) is 3.75. The van der Waals surface area contributed by atoms with E-state index in [4.69, 9.17) is 17.3 Å². The average molecular weight is 284 g/mol. The molecule has 2 aromatic rings. The second kappa shape index (κ2) is 4.21. The van der Waals surface area contributed by atoms with E-state index in [-0.39, 0.29) is 0 Å². The summed E-state index contributed by atoms with van der Waals surface area (Å²) in [5.41, 5.74) is 8.29. The van der Waals surface area contributed by atoms with Crippen molar-refractivity contribution in [3.8, 4) is 11.3 Å². The van der Waals surface area contributed by atoms with E-state index < -0.39 is 0 Å². The third-order valence-electron chi connectivity index (χ3n) is 2.02. The number of hydrogen-bond donors (Lipinski definition) is 1. The zero-order valence-electron chi connectivity index (χ0n) is 7.74. The summed E-state index contributed by atoms with van der Waals surface area (Å²) in [5.74, 6) is 0. The molecule has 1 aromatic carbocycles. The predicted molar refractivity (Wildman–Crippen MR) is 66.8 cm³/mol. The molecule has 2 rings (SSSR count). The van der Waals surface area contributed by atoms with Crippen LogP contribution in [-0.4, -0.2) is 4.98 Å². The molecule has 0 saturated carbocycles. The van der Waals surface area contributed by atoms with Crippen LogP contribution >= 0.6 is 27.5 Å². The van der Waals surface area contributed by atoms with Gasteiger partial charge in [0.15, 0.2) is 0 Å². The average Bonchev–Trinajstić information content (AvgIpc) is 2.23. The quantitative estimate of drug-likeness (QED) is 0.810. The Morgan fingerprint density at radius 3 is 2.67 bits per heavy atom. The summed E-state index contributed by atoms with van der Waals surface area (Å²) >= 11 is 9.17. The topological polar surface area (TPSA) is 38.9 Å². The van der Waals surface area contributed by atoms with E-state index in [0.29, 0.717) is 10.7 Å². The van der Waals surface area contributed by atoms with Crippen LogP contribution in [0.2, 0.25) is 5.02 Å². The molecular weight excluding hydrogens is 275 g/mol. The molecule has 0 aliphatic carbocycles. The maximum atomic E-state index is 5.87. The highest BCUT2D eigenvalue weighted by Gasteiger charge is 2.04. The molecule has 15 heavy (non-hydrogen) atoms. The number of halogens is 2. The lowest BCUT2D eigenvalue weighted by Gasteiger charge is -2.05. The summed E-state index contributed by atoms with van der Waals surface area (Å²) in [7, 11) is 0. The first-order chi connectivity index (χ1) is 7.16. The van der Waals surface area contributed by atoms with Crippen molar-refractivity contribution in [3.05, 3.63) is 46.0 Å². The van der Waals surface area contributed by atoms with Gasteiger partial charge in [-0.1, -0.05) is 27.5 Å². The van der Waals surface area contributed by atoms with Crippen LogP contribution in [0.5, 0.6) is 0 Å². The molecule has 0 spiro atoms. The van der Waals surface area contributed by atoms with Crippen LogP contribution in [0.1, 0.15) is 0 Å². The number of anilines is 1. The Kier molecular flexibility index (Phi) is 2.93. The van der Waals surface area contributed by atoms with Crippen LogP contribution in [0.4, 0.5) is 5.69 Å². The zero-order valence-corrected chi connectivity index (χ0v) is 10.1. The van der Waals surface area contributed by atoms with E-state index in [1.165, 1.54) is 0 Å². The molecule has 0 atom stereocenters. The van der Waals surface area contributed by atoms with Crippen molar-refractivity contribution < 1.29 is 0 Å². The molecule has 0 fully saturated rings. The van der Waals surface area contributed by atoms with E-state index in [1.807, 2.05) is 24.3 Å². The standard InChI is InChI=1S/C11H8BrClN2/c12-7-1-3-10(14)9(5-7)11-4-2-8(13)6-15-11/h1-6H,14H2. The van der Waals surface area contributed by atoms with Gasteiger partial charge in [-0.25, -0.2) is 0 Å². The lowest BCUT2D eigenvalue weighted by Crippen LogP contribution is -1.91. The lowest BCUT2D eigenvalue weighted by molar-refractivity contribution is 1.32. The zero-order chi connectivity index (χ0) is 10.8. The molecule has 2 nitrogen and oxygen atoms in total. The van der Waals surface area contributed by atoms with Crippen molar-refractivity contribution >= 4 is 33.2 Å². The second-order valence-electron chi connectivity index (χ2n) is 3.09. The lowest BCUT2D eigenvalue weighted by atomic mass is 10.1. The molecule has 1 aromatic heterocycles. The van der Waals surface area contributed by atoms with Crippen molar-refractivity contribution in [2.75, 3.05) is 5.73 Å². The number of pyridine rings is 1. The van der Waals surface area contributed by atoms with Crippen LogP contribution in [0.15, 0.2) is 41.0 Å². The molecule has 0 radical (unpaired) electrons. The van der Waals surface area contributed by atoms with Crippen LogP contribution in [0.3, 0.4) is 0 Å². The molecule has 0 aliphatic rings. The minimum atomic E-state index is 0.618. The van der Waals surface area contributed by atoms with Crippen LogP contribution in [0.25, 0.3) is 11.3 Å². The Labute approximate surface area is 101 Å². The summed E-state index contributed by atoms with van der Waals surface area (Å²) in [4.78, 5) is 4.22. The molecule has 0 amide bonds. The van der Waals surface area contributed by atoms with Gasteiger partial charge in [-0.05, 0) is 30.3 Å². The molecule has 0 unspecified atom stereocenters. The van der Waals surface area contributed by atoms with E-state index in [9.17, 15) is 0 Å². The fourth-order valence-corrected chi connectivity index (χ4v) is 1.76.